The van der Waals surface area contributed by atoms with Crippen molar-refractivity contribution in [3.05, 3.63) is 198 Å². The molecule has 0 fully saturated rings. The van der Waals surface area contributed by atoms with Crippen molar-refractivity contribution >= 4 is 102 Å². The first-order valence-electron chi connectivity index (χ1n) is 19.4. The molecule has 266 valence electrons. The highest BCUT2D eigenvalue weighted by atomic mass is 32.1. The number of thiophene rings is 1. The topological polar surface area (TPSA) is 42.5 Å². The minimum Gasteiger partial charge on any atom is -0.452 e. The van der Waals surface area contributed by atoms with Crippen molar-refractivity contribution in [3.8, 4) is 5.69 Å². The Labute approximate surface area is 329 Å². The van der Waals surface area contributed by atoms with Gasteiger partial charge in [0.05, 0.1) is 21.4 Å². The van der Waals surface area contributed by atoms with Crippen LogP contribution in [0.1, 0.15) is 17.3 Å². The molecule has 0 aliphatic carbocycles. The summed E-state index contributed by atoms with van der Waals surface area (Å²) in [6.07, 6.45) is -0.295. The predicted octanol–water partition coefficient (Wildman–Crippen LogP) is 12.4. The Morgan fingerprint density at radius 2 is 1.21 bits per heavy atom. The van der Waals surface area contributed by atoms with E-state index < -0.39 is 0 Å². The van der Waals surface area contributed by atoms with Crippen LogP contribution in [0.25, 0.3) is 96.6 Å². The number of rotatable bonds is 3. The molecule has 1 aliphatic rings. The smallest absolute Gasteiger partial charge is 0.177 e. The Kier molecular flexibility index (Phi) is 6.35. The van der Waals surface area contributed by atoms with Crippen molar-refractivity contribution in [2.24, 2.45) is 4.99 Å². The minimum absolute atomic E-state index is 0.295. The second-order valence-electron chi connectivity index (χ2n) is 15.1. The van der Waals surface area contributed by atoms with E-state index >= 15 is 0 Å². The number of nitrogens with one attached hydrogen (secondary N) is 1. The van der Waals surface area contributed by atoms with E-state index in [1.165, 1.54) is 74.3 Å². The standard InChI is InChI=1S/C52H31N3OS/c1-2-12-35-30(11-1)21-22-32-29-33(25-28-36(32)35)52-53-47(50-48(54-52)40-16-6-9-19-43(40)56-50)31-23-26-34(27-24-31)55-42-18-8-5-15-39(42)45-37-13-3-4-14-38(37)46-41-17-7-10-20-44(41)57-51(46)49(45)55/h1-29,52-53H. The molecule has 5 heteroatoms. The summed E-state index contributed by atoms with van der Waals surface area (Å²) in [4.78, 5) is 5.32. The first-order chi connectivity index (χ1) is 28.3. The number of nitrogens with zero attached hydrogens (tertiary/aromatic N) is 2. The van der Waals surface area contributed by atoms with Gasteiger partial charge in [-0.1, -0.05) is 133 Å². The zero-order chi connectivity index (χ0) is 37.2. The van der Waals surface area contributed by atoms with E-state index in [1.54, 1.807) is 0 Å². The maximum Gasteiger partial charge on any atom is 0.177 e. The average Bonchev–Trinajstić information content (AvgIpc) is 3.96. The summed E-state index contributed by atoms with van der Waals surface area (Å²) < 4.78 is 11.7. The van der Waals surface area contributed by atoms with E-state index in [-0.39, 0.29) is 6.17 Å². The summed E-state index contributed by atoms with van der Waals surface area (Å²) in [5.74, 6) is 0. The van der Waals surface area contributed by atoms with Crippen molar-refractivity contribution in [2.75, 3.05) is 0 Å². The first kappa shape index (κ1) is 31.0. The normalized spacial score (nSPS) is 14.4. The van der Waals surface area contributed by atoms with Crippen LogP contribution in [0.3, 0.4) is 0 Å². The number of aromatic nitrogens is 1. The molecule has 0 saturated heterocycles. The van der Waals surface area contributed by atoms with E-state index in [2.05, 4.69) is 174 Å². The zero-order valence-corrected chi connectivity index (χ0v) is 31.3. The maximum atomic E-state index is 6.60. The molecule has 0 radical (unpaired) electrons. The minimum atomic E-state index is -0.295. The molecule has 1 atom stereocenters. The molecule has 0 amide bonds. The van der Waals surface area contributed by atoms with Gasteiger partial charge in [-0.2, -0.15) is 0 Å². The molecule has 9 aromatic carbocycles. The van der Waals surface area contributed by atoms with Crippen LogP contribution in [-0.4, -0.2) is 4.57 Å². The molecule has 1 aliphatic heterocycles. The number of benzene rings is 9. The average molecular weight is 746 g/mol. The van der Waals surface area contributed by atoms with Gasteiger partial charge in [0.2, 0.25) is 0 Å². The highest BCUT2D eigenvalue weighted by Crippen LogP contribution is 2.47. The quantitative estimate of drug-likeness (QED) is 0.183. The summed E-state index contributed by atoms with van der Waals surface area (Å²) in [6.45, 7) is 0. The highest BCUT2D eigenvalue weighted by Gasteiger charge is 2.24. The summed E-state index contributed by atoms with van der Waals surface area (Å²) >= 11 is 1.89. The van der Waals surface area contributed by atoms with Gasteiger partial charge in [0, 0.05) is 42.9 Å². The fourth-order valence-corrected chi connectivity index (χ4v) is 10.7. The van der Waals surface area contributed by atoms with Gasteiger partial charge in [-0.15, -0.1) is 11.3 Å². The van der Waals surface area contributed by atoms with Crippen LogP contribution in [0.4, 0.5) is 0 Å². The molecule has 12 aromatic rings. The molecule has 57 heavy (non-hydrogen) atoms. The molecule has 0 spiro atoms. The third-order valence-corrected chi connectivity index (χ3v) is 13.2. The molecular formula is C52H31N3OS. The summed E-state index contributed by atoms with van der Waals surface area (Å²) in [6, 6.07) is 63.5. The van der Waals surface area contributed by atoms with Gasteiger partial charge in [0.25, 0.3) is 0 Å². The fourth-order valence-electron chi connectivity index (χ4n) is 9.44. The van der Waals surface area contributed by atoms with Crippen LogP contribution < -0.4 is 16.1 Å². The zero-order valence-electron chi connectivity index (χ0n) is 30.5. The molecule has 1 unspecified atom stereocenters. The Balaban J connectivity index is 1.01. The molecule has 4 heterocycles. The first-order valence-corrected chi connectivity index (χ1v) is 20.2. The lowest BCUT2D eigenvalue weighted by molar-refractivity contribution is 0.535. The second kappa shape index (κ2) is 11.7. The third kappa shape index (κ3) is 4.40. The Morgan fingerprint density at radius 1 is 0.544 bits per heavy atom. The van der Waals surface area contributed by atoms with E-state index in [0.717, 1.165) is 44.3 Å². The van der Waals surface area contributed by atoms with Gasteiger partial charge in [-0.05, 0) is 80.3 Å². The van der Waals surface area contributed by atoms with Gasteiger partial charge < -0.3 is 14.3 Å². The Morgan fingerprint density at radius 3 is 2.07 bits per heavy atom. The van der Waals surface area contributed by atoms with Crippen molar-refractivity contribution in [2.45, 2.75) is 6.17 Å². The largest absolute Gasteiger partial charge is 0.452 e. The Bertz CT molecular complexity index is 3790. The van der Waals surface area contributed by atoms with Crippen LogP contribution in [-0.2, 0) is 0 Å². The number of para-hydroxylation sites is 2. The van der Waals surface area contributed by atoms with E-state index in [9.17, 15) is 0 Å². The van der Waals surface area contributed by atoms with Crippen molar-refractivity contribution in [1.82, 2.24) is 9.88 Å². The highest BCUT2D eigenvalue weighted by molar-refractivity contribution is 7.27. The Hall–Kier alpha value is -7.21. The van der Waals surface area contributed by atoms with Crippen molar-refractivity contribution < 1.29 is 4.42 Å². The number of furan rings is 1. The van der Waals surface area contributed by atoms with Crippen LogP contribution in [0, 0.1) is 0 Å². The third-order valence-electron chi connectivity index (χ3n) is 12.0. The lowest BCUT2D eigenvalue weighted by Gasteiger charge is -2.22. The molecular weight excluding hydrogens is 715 g/mol. The predicted molar refractivity (Wildman–Crippen MR) is 238 cm³/mol. The molecule has 0 bridgehead atoms. The van der Waals surface area contributed by atoms with E-state index in [0.29, 0.717) is 0 Å². The lowest BCUT2D eigenvalue weighted by Crippen LogP contribution is -2.38. The fraction of sp³-hybridized carbons (Fsp3) is 0.0192. The molecule has 3 aromatic heterocycles. The SMILES string of the molecule is c1ccc2c(c1)ccc1cc(C3N=c4c(oc5ccccc45)=C(c4ccc(-n5c6ccccc6c6c7ccccc7c7c8ccccc8sc7c65)cc4)N3)ccc12. The second-order valence-corrected chi connectivity index (χ2v) is 16.1. The van der Waals surface area contributed by atoms with Gasteiger partial charge >= 0.3 is 0 Å². The van der Waals surface area contributed by atoms with Crippen LogP contribution in [0.5, 0.6) is 0 Å². The maximum absolute atomic E-state index is 6.60. The monoisotopic (exact) mass is 745 g/mol. The van der Waals surface area contributed by atoms with Gasteiger partial charge in [-0.3, -0.25) is 4.99 Å². The van der Waals surface area contributed by atoms with Crippen molar-refractivity contribution in [1.29, 1.82) is 0 Å². The van der Waals surface area contributed by atoms with Gasteiger partial charge in [0.1, 0.15) is 17.1 Å². The summed E-state index contributed by atoms with van der Waals surface area (Å²) in [5.41, 5.74) is 8.25. The summed E-state index contributed by atoms with van der Waals surface area (Å²) in [5, 5.41) is 18.5. The number of fused-ring (bicyclic) bond motifs is 16. The van der Waals surface area contributed by atoms with Gasteiger partial charge in [-0.25, -0.2) is 0 Å². The number of hydrogen-bond acceptors (Lipinski definition) is 4. The van der Waals surface area contributed by atoms with E-state index in [1.807, 2.05) is 23.5 Å². The molecule has 0 saturated carbocycles. The number of hydrogen-bond donors (Lipinski definition) is 1. The van der Waals surface area contributed by atoms with E-state index in [4.69, 9.17) is 9.41 Å². The van der Waals surface area contributed by atoms with Gasteiger partial charge in [0.15, 0.2) is 5.42 Å². The van der Waals surface area contributed by atoms with Crippen LogP contribution in [0.2, 0.25) is 0 Å². The summed E-state index contributed by atoms with van der Waals surface area (Å²) in [7, 11) is 0. The van der Waals surface area contributed by atoms with Crippen molar-refractivity contribution in [3.63, 3.8) is 0 Å². The molecule has 4 nitrogen and oxygen atoms in total. The molecule has 13 rings (SSSR count). The molecule has 1 N–H and O–H groups in total. The van der Waals surface area contributed by atoms with Crippen LogP contribution in [0.15, 0.2) is 185 Å². The lowest BCUT2D eigenvalue weighted by atomic mass is 9.99. The van der Waals surface area contributed by atoms with Crippen LogP contribution >= 0.6 is 11.3 Å².